The van der Waals surface area contributed by atoms with Gasteiger partial charge in [-0.25, -0.2) is 0 Å². The van der Waals surface area contributed by atoms with Gasteiger partial charge >= 0.3 is 0 Å². The van der Waals surface area contributed by atoms with E-state index in [1.807, 2.05) is 48.9 Å². The molecule has 2 aromatic carbocycles. The Morgan fingerprint density at radius 2 is 1.69 bits per heavy atom. The summed E-state index contributed by atoms with van der Waals surface area (Å²) in [5, 5.41) is 3.48. The Hall–Kier alpha value is -3.10. The Kier molecular flexibility index (Phi) is 12.1. The molecule has 1 unspecified atom stereocenters. The van der Waals surface area contributed by atoms with Gasteiger partial charge in [0.05, 0.1) is 13.7 Å². The van der Waals surface area contributed by atoms with E-state index in [1.165, 1.54) is 5.56 Å². The zero-order valence-electron chi connectivity index (χ0n) is 24.2. The van der Waals surface area contributed by atoms with E-state index in [0.29, 0.717) is 49.8 Å². The maximum Gasteiger partial charge on any atom is 0.254 e. The lowest BCUT2D eigenvalue weighted by atomic mass is 9.94. The predicted molar refractivity (Wildman–Crippen MR) is 153 cm³/mol. The second kappa shape index (κ2) is 15.5. The summed E-state index contributed by atoms with van der Waals surface area (Å²) >= 11 is 0. The van der Waals surface area contributed by atoms with Crippen molar-refractivity contribution in [1.82, 2.24) is 15.1 Å². The van der Waals surface area contributed by atoms with Crippen molar-refractivity contribution in [3.05, 3.63) is 59.7 Å². The summed E-state index contributed by atoms with van der Waals surface area (Å²) in [6.45, 7) is 8.12. The molecule has 0 spiro atoms. The van der Waals surface area contributed by atoms with Gasteiger partial charge in [0, 0.05) is 71.4 Å². The average Bonchev–Trinajstić information content (AvgIpc) is 3.38. The topological polar surface area (TPSA) is 80.3 Å². The first kappa shape index (κ1) is 30.4. The van der Waals surface area contributed by atoms with Gasteiger partial charge in [0.2, 0.25) is 5.91 Å². The van der Waals surface area contributed by atoms with Gasteiger partial charge in [-0.3, -0.25) is 9.59 Å². The molecule has 0 aliphatic carbocycles. The molecule has 8 nitrogen and oxygen atoms in total. The minimum atomic E-state index is -0.0349. The van der Waals surface area contributed by atoms with E-state index < -0.39 is 0 Å². The molecule has 1 aliphatic rings. The fourth-order valence-corrected chi connectivity index (χ4v) is 5.01. The van der Waals surface area contributed by atoms with E-state index in [1.54, 1.807) is 32.4 Å². The van der Waals surface area contributed by atoms with Gasteiger partial charge < -0.3 is 29.3 Å². The van der Waals surface area contributed by atoms with Crippen LogP contribution >= 0.6 is 0 Å². The number of nitrogens with zero attached hydrogens (tertiary/aromatic N) is 2. The number of nitrogens with one attached hydrogen (secondary N) is 1. The van der Waals surface area contributed by atoms with E-state index in [9.17, 15) is 9.59 Å². The first-order chi connectivity index (χ1) is 18.8. The van der Waals surface area contributed by atoms with Crippen molar-refractivity contribution in [2.24, 2.45) is 11.8 Å². The molecule has 1 aliphatic heterocycles. The highest BCUT2D eigenvalue weighted by Gasteiger charge is 2.33. The summed E-state index contributed by atoms with van der Waals surface area (Å²) in [5.74, 6) is 1.80. The highest BCUT2D eigenvalue weighted by molar-refractivity contribution is 5.95. The van der Waals surface area contributed by atoms with Gasteiger partial charge in [-0.15, -0.1) is 0 Å². The molecule has 214 valence electrons. The van der Waals surface area contributed by atoms with Crippen LogP contribution in [0.1, 0.15) is 42.6 Å². The lowest BCUT2D eigenvalue weighted by Crippen LogP contribution is -2.44. The molecule has 0 saturated carbocycles. The van der Waals surface area contributed by atoms with Crippen molar-refractivity contribution in [2.45, 2.75) is 39.2 Å². The number of methoxy groups -OCH3 is 2. The van der Waals surface area contributed by atoms with Gasteiger partial charge in [-0.1, -0.05) is 30.3 Å². The number of aryl methyl sites for hydroxylation is 1. The van der Waals surface area contributed by atoms with E-state index in [0.717, 1.165) is 25.9 Å². The zero-order valence-corrected chi connectivity index (χ0v) is 24.2. The van der Waals surface area contributed by atoms with Crippen LogP contribution in [0, 0.1) is 11.8 Å². The molecule has 2 aromatic rings. The molecular weight excluding hydrogens is 494 g/mol. The maximum atomic E-state index is 13.7. The number of hydrogen-bond acceptors (Lipinski definition) is 6. The number of carbonyl (C=O) groups is 2. The minimum Gasteiger partial charge on any atom is -0.493 e. The van der Waals surface area contributed by atoms with Crippen LogP contribution in [0.3, 0.4) is 0 Å². The lowest BCUT2D eigenvalue weighted by molar-refractivity contribution is -0.130. The van der Waals surface area contributed by atoms with Gasteiger partial charge in [0.25, 0.3) is 5.91 Å². The molecule has 3 rings (SSSR count). The summed E-state index contributed by atoms with van der Waals surface area (Å²) in [6, 6.07) is 15.5. The molecule has 1 N–H and O–H groups in total. The van der Waals surface area contributed by atoms with Crippen molar-refractivity contribution in [2.75, 3.05) is 60.7 Å². The van der Waals surface area contributed by atoms with E-state index in [4.69, 9.17) is 14.2 Å². The Morgan fingerprint density at radius 1 is 0.974 bits per heavy atom. The average molecular weight is 540 g/mol. The van der Waals surface area contributed by atoms with Crippen LogP contribution in [0.2, 0.25) is 0 Å². The summed E-state index contributed by atoms with van der Waals surface area (Å²) in [5.41, 5.74) is 1.75. The second-order valence-corrected chi connectivity index (χ2v) is 10.5. The molecular formula is C31H45N3O5. The van der Waals surface area contributed by atoms with Crippen LogP contribution in [0.5, 0.6) is 11.5 Å². The highest BCUT2D eigenvalue weighted by Crippen LogP contribution is 2.30. The molecule has 2 amide bonds. The van der Waals surface area contributed by atoms with Crippen LogP contribution < -0.4 is 14.8 Å². The van der Waals surface area contributed by atoms with Gasteiger partial charge in [0.1, 0.15) is 0 Å². The Balaban J connectivity index is 1.62. The van der Waals surface area contributed by atoms with E-state index in [-0.39, 0.29) is 29.7 Å². The first-order valence-corrected chi connectivity index (χ1v) is 13.9. The van der Waals surface area contributed by atoms with E-state index in [2.05, 4.69) is 17.4 Å². The van der Waals surface area contributed by atoms with Crippen LogP contribution in [0.15, 0.2) is 48.5 Å². The van der Waals surface area contributed by atoms with Crippen molar-refractivity contribution in [3.63, 3.8) is 0 Å². The molecule has 1 heterocycles. The molecule has 2 atom stereocenters. The van der Waals surface area contributed by atoms with Gasteiger partial charge in [-0.05, 0) is 55.9 Å². The largest absolute Gasteiger partial charge is 0.493 e. The Morgan fingerprint density at radius 3 is 2.36 bits per heavy atom. The third-order valence-corrected chi connectivity index (χ3v) is 7.36. The molecule has 8 heteroatoms. The van der Waals surface area contributed by atoms with Gasteiger partial charge in [-0.2, -0.15) is 0 Å². The lowest BCUT2D eigenvalue weighted by Gasteiger charge is -2.33. The SMILES string of the molecule is COCCCOc1cc(C(=O)N(CC2CNC[C@H]2CN(C)C(=O)CCc2ccccc2)C(C)C)ccc1OC. The number of benzene rings is 2. The summed E-state index contributed by atoms with van der Waals surface area (Å²) in [6.07, 6.45) is 1.98. The standard InChI is InChI=1S/C31H45N3O5/c1-23(2)34(31(36)25-13-14-28(38-5)29(18-25)39-17-9-16-37-4)22-27-20-32-19-26(27)21-33(3)30(35)15-12-24-10-7-6-8-11-24/h6-8,10-11,13-14,18,23,26-27,32H,9,12,15-17,19-22H2,1-5H3/t26-,27?/m0/s1. The molecule has 0 aromatic heterocycles. The second-order valence-electron chi connectivity index (χ2n) is 10.5. The molecule has 39 heavy (non-hydrogen) atoms. The molecule has 1 fully saturated rings. The minimum absolute atomic E-state index is 0.0251. The highest BCUT2D eigenvalue weighted by atomic mass is 16.5. The van der Waals surface area contributed by atoms with E-state index >= 15 is 0 Å². The number of rotatable bonds is 15. The Labute approximate surface area is 233 Å². The van der Waals surface area contributed by atoms with Crippen molar-refractivity contribution in [3.8, 4) is 11.5 Å². The maximum absolute atomic E-state index is 13.7. The fraction of sp³-hybridized carbons (Fsp3) is 0.548. The van der Waals surface area contributed by atoms with Crippen LogP contribution in [0.25, 0.3) is 0 Å². The third kappa shape index (κ3) is 8.97. The molecule has 0 bridgehead atoms. The van der Waals surface area contributed by atoms with Crippen molar-refractivity contribution in [1.29, 1.82) is 0 Å². The van der Waals surface area contributed by atoms with Gasteiger partial charge in [0.15, 0.2) is 11.5 Å². The summed E-state index contributed by atoms with van der Waals surface area (Å²) in [4.78, 5) is 30.3. The first-order valence-electron chi connectivity index (χ1n) is 13.9. The number of carbonyl (C=O) groups excluding carboxylic acids is 2. The van der Waals surface area contributed by atoms with Crippen molar-refractivity contribution < 1.29 is 23.8 Å². The number of ether oxygens (including phenoxy) is 3. The van der Waals surface area contributed by atoms with Crippen LogP contribution in [-0.4, -0.2) is 88.3 Å². The van der Waals surface area contributed by atoms with Crippen LogP contribution in [-0.2, 0) is 16.0 Å². The summed E-state index contributed by atoms with van der Waals surface area (Å²) in [7, 11) is 5.14. The normalized spacial score (nSPS) is 16.8. The Bertz CT molecular complexity index is 1050. The molecule has 1 saturated heterocycles. The van der Waals surface area contributed by atoms with Crippen molar-refractivity contribution >= 4 is 11.8 Å². The van der Waals surface area contributed by atoms with Crippen LogP contribution in [0.4, 0.5) is 0 Å². The molecule has 0 radical (unpaired) electrons. The zero-order chi connectivity index (χ0) is 28.2. The monoisotopic (exact) mass is 539 g/mol. The smallest absolute Gasteiger partial charge is 0.254 e. The number of amides is 2. The summed E-state index contributed by atoms with van der Waals surface area (Å²) < 4.78 is 16.4. The predicted octanol–water partition coefficient (Wildman–Crippen LogP) is 3.89. The quantitative estimate of drug-likeness (QED) is 0.346. The third-order valence-electron chi connectivity index (χ3n) is 7.36. The number of hydrogen-bond donors (Lipinski definition) is 1. The fourth-order valence-electron chi connectivity index (χ4n) is 5.01.